The van der Waals surface area contributed by atoms with Gasteiger partial charge in [-0.15, -0.1) is 0 Å². The molecule has 0 bridgehead atoms. The molecule has 0 saturated carbocycles. The number of aromatic nitrogens is 2. The maximum absolute atomic E-state index is 12.3. The Bertz CT molecular complexity index is 1080. The normalized spacial score (nSPS) is 10.3. The Kier molecular flexibility index (Phi) is 5.45. The number of carbonyl (C=O) groups excluding carboxylic acids is 1. The average Bonchev–Trinajstić information content (AvgIpc) is 2.70. The van der Waals surface area contributed by atoms with Crippen LogP contribution in [-0.4, -0.2) is 27.7 Å². The van der Waals surface area contributed by atoms with Crippen LogP contribution in [0.3, 0.4) is 0 Å². The topological polar surface area (TPSA) is 116 Å². The largest absolute Gasteiger partial charge is 0.495 e. The third-order valence-corrected chi connectivity index (χ3v) is 3.91. The predicted molar refractivity (Wildman–Crippen MR) is 102 cm³/mol. The smallest absolute Gasteiger partial charge is 0.269 e. The van der Waals surface area contributed by atoms with Crippen LogP contribution < -0.4 is 15.6 Å². The van der Waals surface area contributed by atoms with Crippen molar-refractivity contribution in [2.45, 2.75) is 6.54 Å². The molecule has 0 spiro atoms. The maximum atomic E-state index is 12.3. The third kappa shape index (κ3) is 4.21. The van der Waals surface area contributed by atoms with Crippen LogP contribution in [0.4, 0.5) is 11.4 Å². The van der Waals surface area contributed by atoms with Crippen molar-refractivity contribution >= 4 is 17.3 Å². The number of hydrogen-bond donors (Lipinski definition) is 1. The Morgan fingerprint density at radius 2 is 1.86 bits per heavy atom. The molecule has 2 aromatic carbocycles. The summed E-state index contributed by atoms with van der Waals surface area (Å²) in [5, 5.41) is 17.6. The standard InChI is InChI=1S/C19H16N4O5/c1-28-17-5-3-2-4-16(17)20-18(24)12-22-19(25)11-10-15(21-22)13-6-8-14(9-7-13)23(26)27/h2-11H,12H2,1H3,(H,20,24). The number of rotatable bonds is 6. The Hall–Kier alpha value is -4.01. The molecule has 28 heavy (non-hydrogen) atoms. The van der Waals surface area contributed by atoms with E-state index in [1.54, 1.807) is 24.3 Å². The summed E-state index contributed by atoms with van der Waals surface area (Å²) in [4.78, 5) is 34.6. The number of nitro groups is 1. The molecule has 1 heterocycles. The lowest BCUT2D eigenvalue weighted by Crippen LogP contribution is -2.29. The van der Waals surface area contributed by atoms with Gasteiger partial charge in [-0.05, 0) is 30.3 Å². The Balaban J connectivity index is 1.80. The summed E-state index contributed by atoms with van der Waals surface area (Å²) in [6.07, 6.45) is 0. The highest BCUT2D eigenvalue weighted by Gasteiger charge is 2.11. The lowest BCUT2D eigenvalue weighted by Gasteiger charge is -2.11. The average molecular weight is 380 g/mol. The number of non-ortho nitro benzene ring substituents is 1. The Labute approximate surface area is 159 Å². The van der Waals surface area contributed by atoms with E-state index in [-0.39, 0.29) is 12.2 Å². The van der Waals surface area contributed by atoms with Crippen LogP contribution in [-0.2, 0) is 11.3 Å². The van der Waals surface area contributed by atoms with E-state index in [2.05, 4.69) is 10.4 Å². The van der Waals surface area contributed by atoms with Crippen molar-refractivity contribution in [2.24, 2.45) is 0 Å². The number of hydrogen-bond acceptors (Lipinski definition) is 6. The van der Waals surface area contributed by atoms with E-state index in [4.69, 9.17) is 4.74 Å². The molecule has 0 aliphatic rings. The number of nitrogens with one attached hydrogen (secondary N) is 1. The first-order valence-corrected chi connectivity index (χ1v) is 8.24. The van der Waals surface area contributed by atoms with Crippen LogP contribution in [0.25, 0.3) is 11.3 Å². The van der Waals surface area contributed by atoms with Gasteiger partial charge in [0.15, 0.2) is 0 Å². The number of ether oxygens (including phenoxy) is 1. The molecule has 3 aromatic rings. The number of benzene rings is 2. The molecule has 1 amide bonds. The van der Waals surface area contributed by atoms with Gasteiger partial charge < -0.3 is 10.1 Å². The highest BCUT2D eigenvalue weighted by molar-refractivity contribution is 5.92. The van der Waals surface area contributed by atoms with Gasteiger partial charge in [-0.3, -0.25) is 19.7 Å². The highest BCUT2D eigenvalue weighted by Crippen LogP contribution is 2.23. The van der Waals surface area contributed by atoms with Crippen molar-refractivity contribution in [1.82, 2.24) is 9.78 Å². The fourth-order valence-corrected chi connectivity index (χ4v) is 2.54. The zero-order chi connectivity index (χ0) is 20.1. The van der Waals surface area contributed by atoms with Crippen molar-refractivity contribution in [2.75, 3.05) is 12.4 Å². The second-order valence-electron chi connectivity index (χ2n) is 5.77. The van der Waals surface area contributed by atoms with E-state index in [1.165, 1.54) is 43.5 Å². The van der Waals surface area contributed by atoms with Crippen LogP contribution in [0.1, 0.15) is 0 Å². The van der Waals surface area contributed by atoms with Crippen LogP contribution >= 0.6 is 0 Å². The first kappa shape index (κ1) is 18.8. The van der Waals surface area contributed by atoms with Crippen LogP contribution in [0.5, 0.6) is 5.75 Å². The van der Waals surface area contributed by atoms with Gasteiger partial charge in [-0.2, -0.15) is 5.10 Å². The molecule has 0 aliphatic carbocycles. The summed E-state index contributed by atoms with van der Waals surface area (Å²) in [5.41, 5.74) is 0.993. The van der Waals surface area contributed by atoms with Crippen molar-refractivity contribution < 1.29 is 14.5 Å². The first-order valence-electron chi connectivity index (χ1n) is 8.24. The number of carbonyl (C=O) groups is 1. The van der Waals surface area contributed by atoms with Gasteiger partial charge in [0.1, 0.15) is 12.3 Å². The number of para-hydroxylation sites is 2. The number of methoxy groups -OCH3 is 1. The molecule has 0 atom stereocenters. The predicted octanol–water partition coefficient (Wildman–Crippen LogP) is 2.47. The van der Waals surface area contributed by atoms with Crippen molar-refractivity contribution in [3.8, 4) is 17.0 Å². The van der Waals surface area contributed by atoms with Gasteiger partial charge in [0, 0.05) is 23.8 Å². The van der Waals surface area contributed by atoms with Gasteiger partial charge in [0.05, 0.1) is 23.4 Å². The number of amides is 1. The summed E-state index contributed by atoms with van der Waals surface area (Å²) in [5.74, 6) is 0.0516. The molecule has 0 fully saturated rings. The van der Waals surface area contributed by atoms with E-state index >= 15 is 0 Å². The molecule has 1 N–H and O–H groups in total. The summed E-state index contributed by atoms with van der Waals surface area (Å²) in [6.45, 7) is -0.294. The van der Waals surface area contributed by atoms with Crippen LogP contribution in [0, 0.1) is 10.1 Å². The molecule has 142 valence electrons. The minimum absolute atomic E-state index is 0.0479. The number of anilines is 1. The van der Waals surface area contributed by atoms with Crippen LogP contribution in [0.15, 0.2) is 65.5 Å². The number of nitrogens with zero attached hydrogens (tertiary/aromatic N) is 3. The van der Waals surface area contributed by atoms with E-state index in [0.717, 1.165) is 4.68 Å². The van der Waals surface area contributed by atoms with Gasteiger partial charge in [0.25, 0.3) is 11.2 Å². The molecule has 9 nitrogen and oxygen atoms in total. The van der Waals surface area contributed by atoms with E-state index in [1.807, 2.05) is 0 Å². The Morgan fingerprint density at radius 3 is 2.54 bits per heavy atom. The van der Waals surface area contributed by atoms with Gasteiger partial charge >= 0.3 is 0 Å². The fraction of sp³-hybridized carbons (Fsp3) is 0.105. The third-order valence-electron chi connectivity index (χ3n) is 3.91. The molecule has 0 unspecified atom stereocenters. The van der Waals surface area contributed by atoms with Gasteiger partial charge in [-0.25, -0.2) is 4.68 Å². The molecular formula is C19H16N4O5. The Morgan fingerprint density at radius 1 is 1.14 bits per heavy atom. The zero-order valence-corrected chi connectivity index (χ0v) is 14.9. The minimum Gasteiger partial charge on any atom is -0.495 e. The van der Waals surface area contributed by atoms with Crippen LogP contribution in [0.2, 0.25) is 0 Å². The molecule has 1 aromatic heterocycles. The first-order chi connectivity index (χ1) is 13.5. The minimum atomic E-state index is -0.500. The van der Waals surface area contributed by atoms with Gasteiger partial charge in [0.2, 0.25) is 5.91 Å². The summed E-state index contributed by atoms with van der Waals surface area (Å²) < 4.78 is 6.21. The molecular weight excluding hydrogens is 364 g/mol. The SMILES string of the molecule is COc1ccccc1NC(=O)Cn1nc(-c2ccc([N+](=O)[O-])cc2)ccc1=O. The van der Waals surface area contributed by atoms with Gasteiger partial charge in [-0.1, -0.05) is 12.1 Å². The maximum Gasteiger partial charge on any atom is 0.269 e. The quantitative estimate of drug-likeness (QED) is 0.519. The fourth-order valence-electron chi connectivity index (χ4n) is 2.54. The van der Waals surface area contributed by atoms with Crippen molar-refractivity contribution in [3.63, 3.8) is 0 Å². The van der Waals surface area contributed by atoms with E-state index in [0.29, 0.717) is 22.7 Å². The summed E-state index contributed by atoms with van der Waals surface area (Å²) in [6, 6.07) is 15.5. The second kappa shape index (κ2) is 8.12. The molecule has 9 heteroatoms. The molecule has 3 rings (SSSR count). The van der Waals surface area contributed by atoms with Crippen molar-refractivity contribution in [1.29, 1.82) is 0 Å². The lowest BCUT2D eigenvalue weighted by atomic mass is 10.1. The lowest BCUT2D eigenvalue weighted by molar-refractivity contribution is -0.384. The number of nitro benzene ring substituents is 1. The molecule has 0 radical (unpaired) electrons. The zero-order valence-electron chi connectivity index (χ0n) is 14.9. The molecule has 0 saturated heterocycles. The highest BCUT2D eigenvalue weighted by atomic mass is 16.6. The summed E-state index contributed by atoms with van der Waals surface area (Å²) >= 11 is 0. The van der Waals surface area contributed by atoms with E-state index < -0.39 is 16.4 Å². The summed E-state index contributed by atoms with van der Waals surface area (Å²) in [7, 11) is 1.49. The second-order valence-corrected chi connectivity index (χ2v) is 5.77. The van der Waals surface area contributed by atoms with E-state index in [9.17, 15) is 19.7 Å². The van der Waals surface area contributed by atoms with Crippen molar-refractivity contribution in [3.05, 3.63) is 81.1 Å². The molecule has 0 aliphatic heterocycles. The monoisotopic (exact) mass is 380 g/mol.